The Kier molecular flexibility index (Phi) is 2.34. The zero-order valence-electron chi connectivity index (χ0n) is 9.10. The zero-order valence-corrected chi connectivity index (χ0v) is 9.91. The average molecular weight is 257 g/mol. The molecule has 5 heteroatoms. The Bertz CT molecular complexity index is 673. The molecule has 0 atom stereocenters. The fourth-order valence-corrected chi connectivity index (χ4v) is 2.87. The molecule has 1 N–H and O–H groups in total. The van der Waals surface area contributed by atoms with Gasteiger partial charge in [0, 0.05) is 4.88 Å². The van der Waals surface area contributed by atoms with Gasteiger partial charge in [0.2, 0.25) is 0 Å². The standard InChI is InChI=1S/C13H7NO3S/c15-10-8-6-9(7-4-2-1-3-5-7)18-11(8)13(17)14-12(10)16/h1-6H,(H,14,16,17). The van der Waals surface area contributed by atoms with E-state index in [2.05, 4.69) is 0 Å². The predicted octanol–water partition coefficient (Wildman–Crippen LogP) is 1.87. The number of imide groups is 1. The summed E-state index contributed by atoms with van der Waals surface area (Å²) in [6.07, 6.45) is 0. The molecule has 0 fully saturated rings. The van der Waals surface area contributed by atoms with Gasteiger partial charge in [0.05, 0.1) is 5.56 Å². The normalized spacial score (nSPS) is 14.3. The molecule has 88 valence electrons. The lowest BCUT2D eigenvalue weighted by Gasteiger charge is -2.08. The number of ketones is 1. The van der Waals surface area contributed by atoms with Crippen molar-refractivity contribution in [1.82, 2.24) is 5.32 Å². The minimum Gasteiger partial charge on any atom is -0.285 e. The Balaban J connectivity index is 2.16. The molecule has 3 rings (SSSR count). The molecule has 1 aliphatic rings. The molecule has 18 heavy (non-hydrogen) atoms. The Morgan fingerprint density at radius 1 is 0.944 bits per heavy atom. The van der Waals surface area contributed by atoms with E-state index < -0.39 is 17.6 Å². The Morgan fingerprint density at radius 3 is 2.39 bits per heavy atom. The van der Waals surface area contributed by atoms with Crippen molar-refractivity contribution >= 4 is 28.9 Å². The van der Waals surface area contributed by atoms with Crippen molar-refractivity contribution in [3.05, 3.63) is 46.8 Å². The van der Waals surface area contributed by atoms with Crippen LogP contribution in [0.5, 0.6) is 0 Å². The summed E-state index contributed by atoms with van der Waals surface area (Å²) in [4.78, 5) is 35.6. The molecule has 1 aromatic heterocycles. The molecular formula is C13H7NO3S. The van der Waals surface area contributed by atoms with Crippen molar-refractivity contribution < 1.29 is 14.4 Å². The SMILES string of the molecule is O=C1NC(=O)c2sc(-c3ccccc3)cc2C1=O. The Morgan fingerprint density at radius 2 is 1.67 bits per heavy atom. The summed E-state index contributed by atoms with van der Waals surface area (Å²) in [6, 6.07) is 11.0. The number of fused-ring (bicyclic) bond motifs is 1. The molecule has 4 nitrogen and oxygen atoms in total. The first-order valence-corrected chi connectivity index (χ1v) is 6.08. The highest BCUT2D eigenvalue weighted by atomic mass is 32.1. The fraction of sp³-hybridized carbons (Fsp3) is 0. The highest BCUT2D eigenvalue weighted by Gasteiger charge is 2.32. The van der Waals surface area contributed by atoms with Crippen LogP contribution in [0.15, 0.2) is 36.4 Å². The van der Waals surface area contributed by atoms with Gasteiger partial charge in [0.15, 0.2) is 0 Å². The molecule has 1 aromatic carbocycles. The van der Waals surface area contributed by atoms with Crippen molar-refractivity contribution in [3.63, 3.8) is 0 Å². The highest BCUT2D eigenvalue weighted by Crippen LogP contribution is 2.33. The number of hydrogen-bond donors (Lipinski definition) is 1. The van der Waals surface area contributed by atoms with Crippen LogP contribution in [-0.2, 0) is 4.79 Å². The Labute approximate surface area is 106 Å². The summed E-state index contributed by atoms with van der Waals surface area (Å²) in [6.45, 7) is 0. The average Bonchev–Trinajstić information content (AvgIpc) is 2.83. The van der Waals surface area contributed by atoms with Gasteiger partial charge < -0.3 is 0 Å². The Hall–Kier alpha value is -2.27. The van der Waals surface area contributed by atoms with Gasteiger partial charge in [-0.05, 0) is 11.6 Å². The maximum atomic E-state index is 11.6. The van der Waals surface area contributed by atoms with Crippen LogP contribution in [0.25, 0.3) is 10.4 Å². The van der Waals surface area contributed by atoms with Gasteiger partial charge in [-0.3, -0.25) is 19.7 Å². The van der Waals surface area contributed by atoms with Crippen LogP contribution in [0, 0.1) is 0 Å². The quantitative estimate of drug-likeness (QED) is 0.626. The lowest BCUT2D eigenvalue weighted by Crippen LogP contribution is -2.40. The van der Waals surface area contributed by atoms with Crippen LogP contribution in [0.3, 0.4) is 0 Å². The number of benzene rings is 1. The maximum absolute atomic E-state index is 11.6. The zero-order chi connectivity index (χ0) is 12.7. The van der Waals surface area contributed by atoms with Crippen LogP contribution in [0.2, 0.25) is 0 Å². The lowest BCUT2D eigenvalue weighted by atomic mass is 10.1. The van der Waals surface area contributed by atoms with E-state index in [1.54, 1.807) is 6.07 Å². The van der Waals surface area contributed by atoms with Gasteiger partial charge >= 0.3 is 0 Å². The van der Waals surface area contributed by atoms with E-state index in [0.717, 1.165) is 10.4 Å². The maximum Gasteiger partial charge on any atom is 0.299 e. The van der Waals surface area contributed by atoms with Crippen LogP contribution in [-0.4, -0.2) is 17.6 Å². The van der Waals surface area contributed by atoms with E-state index in [9.17, 15) is 14.4 Å². The smallest absolute Gasteiger partial charge is 0.285 e. The molecule has 0 radical (unpaired) electrons. The molecule has 2 amide bonds. The first-order chi connectivity index (χ1) is 8.66. The molecular weight excluding hydrogens is 250 g/mol. The second-order valence-electron chi connectivity index (χ2n) is 3.83. The third-order valence-corrected chi connectivity index (χ3v) is 3.86. The lowest BCUT2D eigenvalue weighted by molar-refractivity contribution is -0.116. The predicted molar refractivity (Wildman–Crippen MR) is 66.6 cm³/mol. The molecule has 0 bridgehead atoms. The second kappa shape index (κ2) is 3.89. The third-order valence-electron chi connectivity index (χ3n) is 2.67. The van der Waals surface area contributed by atoms with Crippen LogP contribution >= 0.6 is 11.3 Å². The summed E-state index contributed by atoms with van der Waals surface area (Å²) in [5.41, 5.74) is 1.12. The van der Waals surface area contributed by atoms with E-state index in [1.165, 1.54) is 11.3 Å². The van der Waals surface area contributed by atoms with Crippen molar-refractivity contribution in [2.75, 3.05) is 0 Å². The van der Waals surface area contributed by atoms with Crippen LogP contribution in [0.4, 0.5) is 0 Å². The first kappa shape index (κ1) is 10.9. The van der Waals surface area contributed by atoms with Gasteiger partial charge in [0.1, 0.15) is 4.88 Å². The van der Waals surface area contributed by atoms with Crippen molar-refractivity contribution in [2.24, 2.45) is 0 Å². The summed E-state index contributed by atoms with van der Waals surface area (Å²) >= 11 is 1.22. The van der Waals surface area contributed by atoms with Gasteiger partial charge in [-0.25, -0.2) is 0 Å². The summed E-state index contributed by atoms with van der Waals surface area (Å²) < 4.78 is 0. The highest BCUT2D eigenvalue weighted by molar-refractivity contribution is 7.18. The molecule has 0 spiro atoms. The van der Waals surface area contributed by atoms with Crippen LogP contribution < -0.4 is 5.32 Å². The summed E-state index contributed by atoms with van der Waals surface area (Å²) in [5.74, 6) is -2.00. The number of amides is 2. The number of thiophene rings is 1. The number of Topliss-reactive ketones (excluding diaryl/α,β-unsaturated/α-hetero) is 1. The second-order valence-corrected chi connectivity index (χ2v) is 4.88. The van der Waals surface area contributed by atoms with Crippen molar-refractivity contribution in [3.8, 4) is 10.4 Å². The number of carbonyl (C=O) groups excluding carboxylic acids is 3. The van der Waals surface area contributed by atoms with E-state index in [1.807, 2.05) is 35.6 Å². The molecule has 0 saturated carbocycles. The molecule has 2 heterocycles. The summed E-state index contributed by atoms with van der Waals surface area (Å²) in [5, 5.41) is 2.03. The summed E-state index contributed by atoms with van der Waals surface area (Å²) in [7, 11) is 0. The fourth-order valence-electron chi connectivity index (χ4n) is 1.81. The van der Waals surface area contributed by atoms with Gasteiger partial charge in [-0.1, -0.05) is 30.3 Å². The molecule has 1 aliphatic heterocycles. The van der Waals surface area contributed by atoms with Gasteiger partial charge in [-0.15, -0.1) is 11.3 Å². The monoisotopic (exact) mass is 257 g/mol. The minimum absolute atomic E-state index is 0.201. The molecule has 0 saturated heterocycles. The van der Waals surface area contributed by atoms with Gasteiger partial charge in [-0.2, -0.15) is 0 Å². The third kappa shape index (κ3) is 1.56. The molecule has 0 aliphatic carbocycles. The minimum atomic E-state index is -0.857. The number of hydrogen-bond acceptors (Lipinski definition) is 4. The largest absolute Gasteiger partial charge is 0.299 e. The topological polar surface area (TPSA) is 63.2 Å². The number of nitrogens with one attached hydrogen (secondary N) is 1. The van der Waals surface area contributed by atoms with Gasteiger partial charge in [0.25, 0.3) is 17.6 Å². The van der Waals surface area contributed by atoms with E-state index >= 15 is 0 Å². The van der Waals surface area contributed by atoms with E-state index in [4.69, 9.17) is 0 Å². The molecule has 2 aromatic rings. The number of carbonyl (C=O) groups is 3. The number of rotatable bonds is 1. The molecule has 0 unspecified atom stereocenters. The first-order valence-electron chi connectivity index (χ1n) is 5.26. The van der Waals surface area contributed by atoms with Crippen molar-refractivity contribution in [1.29, 1.82) is 0 Å². The van der Waals surface area contributed by atoms with Crippen molar-refractivity contribution in [2.45, 2.75) is 0 Å². The van der Waals surface area contributed by atoms with E-state index in [-0.39, 0.29) is 5.56 Å². The van der Waals surface area contributed by atoms with E-state index in [0.29, 0.717) is 4.88 Å². The van der Waals surface area contributed by atoms with Crippen LogP contribution in [0.1, 0.15) is 20.0 Å².